The van der Waals surface area contributed by atoms with E-state index < -0.39 is 15.9 Å². The van der Waals surface area contributed by atoms with Crippen molar-refractivity contribution in [2.45, 2.75) is 18.7 Å². The molecular formula is C23H19N9O4S. The quantitative estimate of drug-likeness (QED) is 0.304. The van der Waals surface area contributed by atoms with Crippen LogP contribution < -0.4 is 10.0 Å². The lowest BCUT2D eigenvalue weighted by Crippen LogP contribution is -2.16. The van der Waals surface area contributed by atoms with E-state index in [9.17, 15) is 18.5 Å². The number of benzene rings is 2. The van der Waals surface area contributed by atoms with Crippen LogP contribution in [-0.4, -0.2) is 44.7 Å². The van der Waals surface area contributed by atoms with Crippen molar-refractivity contribution in [1.82, 2.24) is 30.3 Å². The number of rotatable bonds is 6. The number of carbonyl (C=O) groups excluding carboxylic acids is 1. The summed E-state index contributed by atoms with van der Waals surface area (Å²) < 4.78 is 35.0. The van der Waals surface area contributed by atoms with Crippen LogP contribution in [0.3, 0.4) is 0 Å². The summed E-state index contributed by atoms with van der Waals surface area (Å²) in [4.78, 5) is 13.2. The van der Waals surface area contributed by atoms with Gasteiger partial charge in [-0.3, -0.25) is 9.52 Å². The summed E-state index contributed by atoms with van der Waals surface area (Å²) in [7, 11) is -2.23. The van der Waals surface area contributed by atoms with Gasteiger partial charge < -0.3 is 14.4 Å². The van der Waals surface area contributed by atoms with E-state index in [2.05, 4.69) is 35.8 Å². The summed E-state index contributed by atoms with van der Waals surface area (Å²) in [6, 6.07) is 13.4. The Kier molecular flexibility index (Phi) is 5.69. The van der Waals surface area contributed by atoms with Crippen LogP contribution in [-0.2, 0) is 17.1 Å². The van der Waals surface area contributed by atoms with Crippen molar-refractivity contribution in [2.75, 3.05) is 10.0 Å². The van der Waals surface area contributed by atoms with Gasteiger partial charge in [-0.1, -0.05) is 11.2 Å². The Morgan fingerprint density at radius 1 is 1.16 bits per heavy atom. The number of hydrogen-bond donors (Lipinski definition) is 3. The van der Waals surface area contributed by atoms with Gasteiger partial charge in [-0.15, -0.1) is 5.10 Å². The first-order valence-corrected chi connectivity index (χ1v) is 12.3. The van der Waals surface area contributed by atoms with Crippen LogP contribution in [0, 0.1) is 25.2 Å². The molecule has 5 rings (SSSR count). The first-order valence-electron chi connectivity index (χ1n) is 10.8. The van der Waals surface area contributed by atoms with Crippen LogP contribution in [0.5, 0.6) is 0 Å². The molecule has 0 spiro atoms. The molecule has 5 aromatic rings. The Morgan fingerprint density at radius 3 is 2.65 bits per heavy atom. The van der Waals surface area contributed by atoms with E-state index in [1.165, 1.54) is 6.92 Å². The summed E-state index contributed by atoms with van der Waals surface area (Å²) in [5.74, 6) is 0.0573. The molecule has 3 N–H and O–H groups in total. The highest BCUT2D eigenvalue weighted by Crippen LogP contribution is 2.29. The van der Waals surface area contributed by atoms with Gasteiger partial charge in [-0.2, -0.15) is 5.26 Å². The van der Waals surface area contributed by atoms with E-state index >= 15 is 0 Å². The van der Waals surface area contributed by atoms with Crippen LogP contribution in [0.1, 0.15) is 27.5 Å². The first-order chi connectivity index (χ1) is 17.7. The van der Waals surface area contributed by atoms with E-state index in [4.69, 9.17) is 4.52 Å². The molecule has 13 nitrogen and oxygen atoms in total. The van der Waals surface area contributed by atoms with Gasteiger partial charge in [0.15, 0.2) is 16.5 Å². The number of nitriles is 1. The molecule has 0 atom stereocenters. The highest BCUT2D eigenvalue weighted by Gasteiger charge is 2.25. The van der Waals surface area contributed by atoms with Crippen LogP contribution in [0.15, 0.2) is 51.9 Å². The number of H-pyrrole nitrogens is 1. The van der Waals surface area contributed by atoms with Crippen molar-refractivity contribution < 1.29 is 17.7 Å². The van der Waals surface area contributed by atoms with E-state index in [1.54, 1.807) is 61.0 Å². The SMILES string of the molecule is Cc1noc(C)c1S(=O)(=O)Nc1ccc2cc(C(=O)Nc3ccc(C#N)cc3-c3nnn[nH]3)n(C)c2c1. The van der Waals surface area contributed by atoms with Crippen LogP contribution in [0.2, 0.25) is 0 Å². The number of hydrogen-bond acceptors (Lipinski definition) is 9. The number of nitrogens with one attached hydrogen (secondary N) is 3. The third-order valence-corrected chi connectivity index (χ3v) is 7.39. The first kappa shape index (κ1) is 23.7. The van der Waals surface area contributed by atoms with Crippen molar-refractivity contribution in [3.63, 3.8) is 0 Å². The lowest BCUT2D eigenvalue weighted by molar-refractivity contribution is 0.101. The highest BCUT2D eigenvalue weighted by molar-refractivity contribution is 7.92. The Hall–Kier alpha value is -5.03. The molecule has 0 radical (unpaired) electrons. The lowest BCUT2D eigenvalue weighted by Gasteiger charge is -2.11. The van der Waals surface area contributed by atoms with E-state index in [0.29, 0.717) is 39.5 Å². The standard InChI is InChI=1S/C23H19N9O4S/c1-12-21(13(2)36-28-12)37(34,35)29-16-6-5-15-9-20(32(3)19(15)10-16)23(33)25-18-7-4-14(11-24)8-17(18)22-26-30-31-27-22/h4-10,29H,1-3H3,(H,25,33)(H,26,27,30,31). The van der Waals surface area contributed by atoms with Gasteiger partial charge in [0, 0.05) is 18.0 Å². The van der Waals surface area contributed by atoms with Gasteiger partial charge >= 0.3 is 0 Å². The summed E-state index contributed by atoms with van der Waals surface area (Å²) in [6.45, 7) is 3.08. The van der Waals surface area contributed by atoms with Gasteiger partial charge in [0.1, 0.15) is 11.4 Å². The Bertz CT molecular complexity index is 1790. The number of nitrogens with zero attached hydrogens (tertiary/aromatic N) is 6. The van der Waals surface area contributed by atoms with Crippen LogP contribution in [0.4, 0.5) is 11.4 Å². The number of tetrazole rings is 1. The molecule has 0 bridgehead atoms. The van der Waals surface area contributed by atoms with Crippen molar-refractivity contribution in [1.29, 1.82) is 5.26 Å². The summed E-state index contributed by atoms with van der Waals surface area (Å²) in [6.07, 6.45) is 0. The topological polar surface area (TPSA) is 184 Å². The smallest absolute Gasteiger partial charge is 0.272 e. The molecule has 37 heavy (non-hydrogen) atoms. The molecule has 186 valence electrons. The predicted molar refractivity (Wildman–Crippen MR) is 132 cm³/mol. The van der Waals surface area contributed by atoms with E-state index in [-0.39, 0.29) is 16.3 Å². The number of fused-ring (bicyclic) bond motifs is 1. The number of anilines is 2. The van der Waals surface area contributed by atoms with E-state index in [0.717, 1.165) is 5.39 Å². The van der Waals surface area contributed by atoms with Crippen molar-refractivity contribution in [3.05, 3.63) is 65.2 Å². The van der Waals surface area contributed by atoms with Crippen molar-refractivity contribution in [2.24, 2.45) is 7.05 Å². The average Bonchev–Trinajstić information content (AvgIpc) is 3.59. The number of aryl methyl sites for hydroxylation is 3. The van der Waals surface area contributed by atoms with Crippen molar-refractivity contribution >= 4 is 38.2 Å². The molecule has 0 unspecified atom stereocenters. The molecule has 14 heteroatoms. The summed E-state index contributed by atoms with van der Waals surface area (Å²) in [5.41, 5.74) is 2.75. The number of aromatic nitrogens is 6. The Labute approximate surface area is 210 Å². The third kappa shape index (κ3) is 4.28. The van der Waals surface area contributed by atoms with Crippen LogP contribution >= 0.6 is 0 Å². The molecule has 0 aliphatic heterocycles. The third-order valence-electron chi connectivity index (χ3n) is 5.76. The maximum absolute atomic E-state index is 13.2. The zero-order valence-electron chi connectivity index (χ0n) is 19.8. The van der Waals surface area contributed by atoms with Crippen molar-refractivity contribution in [3.8, 4) is 17.5 Å². The number of sulfonamides is 1. The van der Waals surface area contributed by atoms with Gasteiger partial charge in [-0.05, 0) is 60.7 Å². The number of amides is 1. The number of carbonyl (C=O) groups is 1. The minimum Gasteiger partial charge on any atom is -0.360 e. The molecule has 3 aromatic heterocycles. The second kappa shape index (κ2) is 8.88. The normalized spacial score (nSPS) is 11.4. The fourth-order valence-corrected chi connectivity index (χ4v) is 5.44. The fourth-order valence-electron chi connectivity index (χ4n) is 4.05. The average molecular weight is 518 g/mol. The monoisotopic (exact) mass is 517 g/mol. The zero-order chi connectivity index (χ0) is 26.3. The molecule has 1 amide bonds. The van der Waals surface area contributed by atoms with E-state index in [1.807, 2.05) is 6.07 Å². The Morgan fingerprint density at radius 2 is 1.97 bits per heavy atom. The van der Waals surface area contributed by atoms with Crippen LogP contribution in [0.25, 0.3) is 22.3 Å². The minimum atomic E-state index is -3.93. The van der Waals surface area contributed by atoms with Gasteiger partial charge in [-0.25, -0.2) is 13.5 Å². The summed E-state index contributed by atoms with van der Waals surface area (Å²) >= 11 is 0. The maximum atomic E-state index is 13.2. The Balaban J connectivity index is 1.46. The molecule has 0 saturated heterocycles. The highest BCUT2D eigenvalue weighted by atomic mass is 32.2. The van der Waals surface area contributed by atoms with Gasteiger partial charge in [0.05, 0.1) is 28.5 Å². The number of aromatic amines is 1. The molecule has 0 aliphatic carbocycles. The molecule has 2 aromatic carbocycles. The lowest BCUT2D eigenvalue weighted by atomic mass is 10.1. The van der Waals surface area contributed by atoms with Gasteiger partial charge in [0.2, 0.25) is 0 Å². The molecule has 0 fully saturated rings. The predicted octanol–water partition coefficient (Wildman–Crippen LogP) is 2.89. The fraction of sp³-hybridized carbons (Fsp3) is 0.130. The zero-order valence-corrected chi connectivity index (χ0v) is 20.6. The molecule has 3 heterocycles. The second-order valence-corrected chi connectivity index (χ2v) is 9.82. The van der Waals surface area contributed by atoms with Gasteiger partial charge in [0.25, 0.3) is 15.9 Å². The molecule has 0 aliphatic rings. The maximum Gasteiger partial charge on any atom is 0.272 e. The second-order valence-electron chi connectivity index (χ2n) is 8.20. The largest absolute Gasteiger partial charge is 0.360 e. The summed E-state index contributed by atoms with van der Waals surface area (Å²) in [5, 5.41) is 30.1. The molecule has 0 saturated carbocycles. The minimum absolute atomic E-state index is 0.0141. The molecular weight excluding hydrogens is 498 g/mol.